The summed E-state index contributed by atoms with van der Waals surface area (Å²) >= 11 is 0. The second-order valence-electron chi connectivity index (χ2n) is 8.42. The minimum atomic E-state index is -0.00906. The second-order valence-corrected chi connectivity index (χ2v) is 8.42. The zero-order valence-corrected chi connectivity index (χ0v) is 18.4. The number of para-hydroxylation sites is 1. The van der Waals surface area contributed by atoms with Crippen molar-refractivity contribution in [3.05, 3.63) is 29.3 Å². The zero-order valence-electron chi connectivity index (χ0n) is 18.4. The first-order valence-electron chi connectivity index (χ1n) is 11.2. The Hall–Kier alpha value is -1.96. The van der Waals surface area contributed by atoms with Gasteiger partial charge in [-0.25, -0.2) is 0 Å². The van der Waals surface area contributed by atoms with Gasteiger partial charge < -0.3 is 15.4 Å². The number of nitrogens with one attached hydrogen (secondary N) is 2. The van der Waals surface area contributed by atoms with Crippen LogP contribution in [0.3, 0.4) is 0 Å². The first-order valence-corrected chi connectivity index (χ1v) is 11.2. The van der Waals surface area contributed by atoms with Crippen LogP contribution in [0.5, 0.6) is 0 Å². The number of hydrogen-bond donors (Lipinski definition) is 2. The normalized spacial score (nSPS) is 17.2. The van der Waals surface area contributed by atoms with Crippen LogP contribution in [0.15, 0.2) is 18.2 Å². The van der Waals surface area contributed by atoms with Crippen LogP contribution >= 0.6 is 0 Å². The highest BCUT2D eigenvalue weighted by atomic mass is 16.5. The minimum absolute atomic E-state index is 0.00906. The number of amides is 2. The molecule has 0 unspecified atom stereocenters. The molecule has 1 saturated heterocycles. The molecule has 2 aliphatic rings. The fourth-order valence-electron chi connectivity index (χ4n) is 3.89. The van der Waals surface area contributed by atoms with Gasteiger partial charge in [-0.2, -0.15) is 0 Å². The number of aryl methyl sites for hydroxylation is 2. The topological polar surface area (TPSA) is 73.9 Å². The summed E-state index contributed by atoms with van der Waals surface area (Å²) in [6.45, 7) is 10.2. The Morgan fingerprint density at radius 1 is 1.13 bits per heavy atom. The van der Waals surface area contributed by atoms with Gasteiger partial charge in [-0.3, -0.25) is 19.4 Å². The van der Waals surface area contributed by atoms with Crippen molar-refractivity contribution in [2.45, 2.75) is 45.6 Å². The fourth-order valence-corrected chi connectivity index (χ4v) is 3.89. The molecule has 0 bridgehead atoms. The summed E-state index contributed by atoms with van der Waals surface area (Å²) in [4.78, 5) is 29.4. The summed E-state index contributed by atoms with van der Waals surface area (Å²) in [5.74, 6) is 0.0583. The highest BCUT2D eigenvalue weighted by Crippen LogP contribution is 2.27. The van der Waals surface area contributed by atoms with E-state index in [0.717, 1.165) is 68.9 Å². The van der Waals surface area contributed by atoms with E-state index in [-0.39, 0.29) is 11.8 Å². The summed E-state index contributed by atoms with van der Waals surface area (Å²) in [6.07, 6.45) is 3.61. The van der Waals surface area contributed by atoms with Crippen LogP contribution < -0.4 is 10.6 Å². The molecule has 0 atom stereocenters. The molecule has 2 fully saturated rings. The van der Waals surface area contributed by atoms with E-state index in [4.69, 9.17) is 4.74 Å². The van der Waals surface area contributed by atoms with Crippen molar-refractivity contribution in [2.75, 3.05) is 57.8 Å². The molecule has 3 rings (SSSR count). The third-order valence-corrected chi connectivity index (χ3v) is 5.86. The maximum absolute atomic E-state index is 12.6. The Kier molecular flexibility index (Phi) is 8.66. The molecule has 1 heterocycles. The summed E-state index contributed by atoms with van der Waals surface area (Å²) in [5.41, 5.74) is 3.03. The molecule has 0 spiro atoms. The van der Waals surface area contributed by atoms with Crippen molar-refractivity contribution in [2.24, 2.45) is 0 Å². The third kappa shape index (κ3) is 7.38. The molecule has 1 aliphatic carbocycles. The van der Waals surface area contributed by atoms with Gasteiger partial charge in [-0.05, 0) is 50.8 Å². The average molecular weight is 417 g/mol. The van der Waals surface area contributed by atoms with Crippen molar-refractivity contribution >= 4 is 17.5 Å². The lowest BCUT2D eigenvalue weighted by Crippen LogP contribution is -2.39. The Morgan fingerprint density at radius 2 is 1.83 bits per heavy atom. The van der Waals surface area contributed by atoms with Crippen molar-refractivity contribution < 1.29 is 14.3 Å². The largest absolute Gasteiger partial charge is 0.379 e. The van der Waals surface area contributed by atoms with E-state index >= 15 is 0 Å². The predicted octanol–water partition coefficient (Wildman–Crippen LogP) is 1.93. The second kappa shape index (κ2) is 11.4. The number of carbonyl (C=O) groups excluding carboxylic acids is 2. The lowest BCUT2D eigenvalue weighted by atomic mass is 10.1. The summed E-state index contributed by atoms with van der Waals surface area (Å²) in [7, 11) is 0. The number of benzene rings is 1. The van der Waals surface area contributed by atoms with Gasteiger partial charge in [0.2, 0.25) is 11.8 Å². The maximum Gasteiger partial charge on any atom is 0.238 e. The predicted molar refractivity (Wildman–Crippen MR) is 119 cm³/mol. The number of morpholine rings is 1. The van der Waals surface area contributed by atoms with Gasteiger partial charge in [-0.15, -0.1) is 0 Å². The highest BCUT2D eigenvalue weighted by molar-refractivity contribution is 5.93. The Bertz CT molecular complexity index is 694. The lowest BCUT2D eigenvalue weighted by molar-refractivity contribution is -0.122. The lowest BCUT2D eigenvalue weighted by Gasteiger charge is -2.26. The molecule has 166 valence electrons. The fraction of sp³-hybridized carbons (Fsp3) is 0.652. The highest BCUT2D eigenvalue weighted by Gasteiger charge is 2.30. The number of ether oxygens (including phenoxy) is 1. The van der Waals surface area contributed by atoms with E-state index in [1.54, 1.807) is 0 Å². The third-order valence-electron chi connectivity index (χ3n) is 5.86. The Labute approximate surface area is 180 Å². The molecular formula is C23H36N4O3. The van der Waals surface area contributed by atoms with Crippen LogP contribution in [0, 0.1) is 13.8 Å². The van der Waals surface area contributed by atoms with Crippen molar-refractivity contribution in [3.63, 3.8) is 0 Å². The first-order chi connectivity index (χ1) is 14.5. The van der Waals surface area contributed by atoms with Crippen molar-refractivity contribution in [1.82, 2.24) is 15.1 Å². The molecule has 1 aromatic rings. The van der Waals surface area contributed by atoms with E-state index < -0.39 is 0 Å². The number of anilines is 1. The summed E-state index contributed by atoms with van der Waals surface area (Å²) < 4.78 is 5.35. The summed E-state index contributed by atoms with van der Waals surface area (Å²) in [5, 5.41) is 6.08. The number of carbonyl (C=O) groups is 2. The van der Waals surface area contributed by atoms with Crippen LogP contribution in [0.2, 0.25) is 0 Å². The van der Waals surface area contributed by atoms with E-state index in [9.17, 15) is 9.59 Å². The molecule has 2 amide bonds. The van der Waals surface area contributed by atoms with E-state index in [1.807, 2.05) is 32.0 Å². The van der Waals surface area contributed by atoms with Crippen LogP contribution in [0.1, 0.15) is 36.8 Å². The van der Waals surface area contributed by atoms with E-state index in [0.29, 0.717) is 32.1 Å². The first kappa shape index (κ1) is 22.7. The number of nitrogens with zero attached hydrogens (tertiary/aromatic N) is 2. The molecule has 2 N–H and O–H groups in total. The molecule has 1 aliphatic heterocycles. The molecular weight excluding hydrogens is 380 g/mol. The Morgan fingerprint density at radius 3 is 2.50 bits per heavy atom. The standard InChI is InChI=1S/C23H36N4O3/c1-18-5-3-6-19(2)23(18)25-22(29)17-27(20-7-8-20)12-9-21(28)24-10-4-11-26-13-15-30-16-14-26/h3,5-6,20H,4,7-17H2,1-2H3,(H,24,28)(H,25,29). The van der Waals surface area contributed by atoms with Gasteiger partial charge in [0.1, 0.15) is 0 Å². The molecule has 30 heavy (non-hydrogen) atoms. The van der Waals surface area contributed by atoms with E-state index in [1.165, 1.54) is 0 Å². The van der Waals surface area contributed by atoms with Crippen LogP contribution in [0.4, 0.5) is 5.69 Å². The minimum Gasteiger partial charge on any atom is -0.379 e. The molecule has 7 heteroatoms. The van der Waals surface area contributed by atoms with Gasteiger partial charge in [0.05, 0.1) is 19.8 Å². The van der Waals surface area contributed by atoms with Crippen LogP contribution in [-0.4, -0.2) is 80.1 Å². The smallest absolute Gasteiger partial charge is 0.238 e. The number of rotatable bonds is 11. The van der Waals surface area contributed by atoms with Gasteiger partial charge in [-0.1, -0.05) is 18.2 Å². The molecule has 0 radical (unpaired) electrons. The van der Waals surface area contributed by atoms with Gasteiger partial charge in [0.25, 0.3) is 0 Å². The SMILES string of the molecule is Cc1cccc(C)c1NC(=O)CN(CCC(=O)NCCCN1CCOCC1)C1CC1. The van der Waals surface area contributed by atoms with Gasteiger partial charge >= 0.3 is 0 Å². The van der Waals surface area contributed by atoms with Crippen LogP contribution in [-0.2, 0) is 14.3 Å². The maximum atomic E-state index is 12.6. The van der Waals surface area contributed by atoms with Gasteiger partial charge in [0, 0.05) is 44.3 Å². The van der Waals surface area contributed by atoms with Crippen molar-refractivity contribution in [3.8, 4) is 0 Å². The van der Waals surface area contributed by atoms with E-state index in [2.05, 4.69) is 20.4 Å². The van der Waals surface area contributed by atoms with Crippen molar-refractivity contribution in [1.29, 1.82) is 0 Å². The molecule has 0 aromatic heterocycles. The Balaban J connectivity index is 1.35. The molecule has 1 aromatic carbocycles. The zero-order chi connectivity index (χ0) is 21.3. The monoisotopic (exact) mass is 416 g/mol. The quantitative estimate of drug-likeness (QED) is 0.540. The molecule has 7 nitrogen and oxygen atoms in total. The average Bonchev–Trinajstić information content (AvgIpc) is 3.57. The van der Waals surface area contributed by atoms with Crippen LogP contribution in [0.25, 0.3) is 0 Å². The summed E-state index contributed by atoms with van der Waals surface area (Å²) in [6, 6.07) is 6.44. The number of hydrogen-bond acceptors (Lipinski definition) is 5. The molecule has 1 saturated carbocycles. The van der Waals surface area contributed by atoms with Gasteiger partial charge in [0.15, 0.2) is 0 Å².